The van der Waals surface area contributed by atoms with Crippen LogP contribution < -0.4 is 9.84 Å². The second kappa shape index (κ2) is 9.75. The van der Waals surface area contributed by atoms with E-state index >= 15 is 0 Å². The summed E-state index contributed by atoms with van der Waals surface area (Å²) in [5, 5.41) is 31.7. The number of benzene rings is 1. The number of aliphatic hydroxyl groups is 2. The molecule has 1 aromatic carbocycles. The van der Waals surface area contributed by atoms with E-state index in [4.69, 9.17) is 4.74 Å². The third kappa shape index (κ3) is 5.06. The third-order valence-corrected chi connectivity index (χ3v) is 6.67. The molecule has 0 aromatic heterocycles. The molecule has 5 atom stereocenters. The summed E-state index contributed by atoms with van der Waals surface area (Å²) < 4.78 is 5.44. The zero-order chi connectivity index (χ0) is 20.1. The molecule has 156 valence electrons. The van der Waals surface area contributed by atoms with Gasteiger partial charge in [0.2, 0.25) is 0 Å². The fourth-order valence-corrected chi connectivity index (χ4v) is 5.24. The van der Waals surface area contributed by atoms with Crippen LogP contribution in [0.25, 0.3) is 0 Å². The van der Waals surface area contributed by atoms with Gasteiger partial charge in [0.15, 0.2) is 0 Å². The number of aliphatic carboxylic acids is 1. The van der Waals surface area contributed by atoms with E-state index in [1.54, 1.807) is 0 Å². The number of carboxylic acids is 1. The summed E-state index contributed by atoms with van der Waals surface area (Å²) in [5.41, 5.74) is 2.28. The van der Waals surface area contributed by atoms with Crippen LogP contribution in [0.4, 0.5) is 0 Å². The van der Waals surface area contributed by atoms with Gasteiger partial charge in [0.25, 0.3) is 0 Å². The van der Waals surface area contributed by atoms with E-state index in [1.807, 2.05) is 12.1 Å². The van der Waals surface area contributed by atoms with Crippen LogP contribution in [-0.4, -0.2) is 35.0 Å². The molecular formula is C23H33O5-. The highest BCUT2D eigenvalue weighted by Crippen LogP contribution is 2.48. The molecule has 0 heterocycles. The molecule has 0 spiro atoms. The Hall–Kier alpha value is -1.59. The number of carbonyl (C=O) groups is 1. The lowest BCUT2D eigenvalue weighted by Crippen LogP contribution is -2.30. The van der Waals surface area contributed by atoms with Crippen LogP contribution in [0.2, 0.25) is 0 Å². The van der Waals surface area contributed by atoms with Crippen molar-refractivity contribution >= 4 is 5.97 Å². The predicted molar refractivity (Wildman–Crippen MR) is 105 cm³/mol. The number of carboxylic acid groups (broad SMARTS) is 1. The van der Waals surface area contributed by atoms with E-state index in [2.05, 4.69) is 13.0 Å². The van der Waals surface area contributed by atoms with Crippen LogP contribution in [-0.2, 0) is 17.6 Å². The minimum atomic E-state index is -1.22. The van der Waals surface area contributed by atoms with E-state index in [1.165, 1.54) is 5.56 Å². The summed E-state index contributed by atoms with van der Waals surface area (Å²) >= 11 is 0. The summed E-state index contributed by atoms with van der Waals surface area (Å²) in [6, 6.07) is 5.80. The summed E-state index contributed by atoms with van der Waals surface area (Å²) in [6.45, 7) is 1.73. The molecule has 0 amide bonds. The van der Waals surface area contributed by atoms with Crippen molar-refractivity contribution in [3.8, 4) is 5.75 Å². The van der Waals surface area contributed by atoms with E-state index in [0.717, 1.165) is 63.4 Å². The molecule has 3 rings (SSSR count). The second-order valence-electron chi connectivity index (χ2n) is 8.58. The van der Waals surface area contributed by atoms with Gasteiger partial charge in [-0.25, -0.2) is 0 Å². The molecule has 1 unspecified atom stereocenters. The Morgan fingerprint density at radius 2 is 2.11 bits per heavy atom. The molecule has 0 bridgehead atoms. The number of unbranched alkanes of at least 4 members (excludes halogenated alkanes) is 2. The number of hydrogen-bond acceptors (Lipinski definition) is 5. The van der Waals surface area contributed by atoms with Gasteiger partial charge in [-0.15, -0.1) is 0 Å². The Morgan fingerprint density at radius 3 is 2.86 bits per heavy atom. The normalized spacial score (nSPS) is 27.1. The Bertz CT molecular complexity index is 658. The van der Waals surface area contributed by atoms with Crippen LogP contribution in [0, 0.1) is 17.8 Å². The summed E-state index contributed by atoms with van der Waals surface area (Å²) in [6.07, 6.45) is 7.76. The highest BCUT2D eigenvalue weighted by Gasteiger charge is 2.44. The maximum absolute atomic E-state index is 10.7. The lowest BCUT2D eigenvalue weighted by atomic mass is 9.73. The predicted octanol–water partition coefficient (Wildman–Crippen LogP) is 2.25. The van der Waals surface area contributed by atoms with E-state index in [9.17, 15) is 20.1 Å². The van der Waals surface area contributed by atoms with Crippen LogP contribution in [0.1, 0.15) is 63.0 Å². The Labute approximate surface area is 167 Å². The van der Waals surface area contributed by atoms with Gasteiger partial charge in [-0.3, -0.25) is 0 Å². The maximum atomic E-state index is 10.7. The molecule has 28 heavy (non-hydrogen) atoms. The van der Waals surface area contributed by atoms with Gasteiger partial charge in [-0.05, 0) is 73.5 Å². The van der Waals surface area contributed by atoms with Gasteiger partial charge in [0, 0.05) is 0 Å². The minimum absolute atomic E-state index is 0.228. The summed E-state index contributed by atoms with van der Waals surface area (Å²) in [5.74, 6) is 0.440. The molecule has 1 aromatic rings. The largest absolute Gasteiger partial charge is 0.546 e. The lowest BCUT2D eigenvalue weighted by molar-refractivity contribution is -0.307. The molecule has 2 aliphatic rings. The lowest BCUT2D eigenvalue weighted by Gasteiger charge is -2.32. The molecule has 5 nitrogen and oxygen atoms in total. The number of hydrogen-bond donors (Lipinski definition) is 2. The van der Waals surface area contributed by atoms with Crippen molar-refractivity contribution in [3.63, 3.8) is 0 Å². The van der Waals surface area contributed by atoms with E-state index < -0.39 is 12.6 Å². The first-order chi connectivity index (χ1) is 13.5. The first-order valence-electron chi connectivity index (χ1n) is 10.8. The molecule has 0 saturated heterocycles. The SMILES string of the molecule is CCCCC[C@H](O)CCC1[C@H](O)C[C@@H]2Cc3c(cccc3OCC(=O)[O-])C[C@H]12. The highest BCUT2D eigenvalue weighted by atomic mass is 16.5. The highest BCUT2D eigenvalue weighted by molar-refractivity contribution is 5.66. The van der Waals surface area contributed by atoms with E-state index in [-0.39, 0.29) is 18.1 Å². The zero-order valence-electron chi connectivity index (χ0n) is 16.8. The molecule has 5 heteroatoms. The van der Waals surface area contributed by atoms with Crippen LogP contribution in [0.3, 0.4) is 0 Å². The Balaban J connectivity index is 1.62. The monoisotopic (exact) mass is 389 g/mol. The van der Waals surface area contributed by atoms with Crippen LogP contribution in [0.15, 0.2) is 18.2 Å². The fourth-order valence-electron chi connectivity index (χ4n) is 5.24. The van der Waals surface area contributed by atoms with Gasteiger partial charge in [-0.2, -0.15) is 0 Å². The van der Waals surface area contributed by atoms with Crippen molar-refractivity contribution in [2.45, 2.75) is 76.9 Å². The van der Waals surface area contributed by atoms with Gasteiger partial charge in [-0.1, -0.05) is 38.3 Å². The van der Waals surface area contributed by atoms with Crippen molar-refractivity contribution in [1.82, 2.24) is 0 Å². The topological polar surface area (TPSA) is 89.8 Å². The van der Waals surface area contributed by atoms with Crippen molar-refractivity contribution in [2.75, 3.05) is 6.61 Å². The number of carbonyl (C=O) groups excluding carboxylic acids is 1. The first kappa shape index (κ1) is 21.1. The number of fused-ring (bicyclic) bond motifs is 2. The molecule has 2 aliphatic carbocycles. The molecule has 1 fully saturated rings. The van der Waals surface area contributed by atoms with Crippen molar-refractivity contribution in [1.29, 1.82) is 0 Å². The van der Waals surface area contributed by atoms with Crippen LogP contribution >= 0.6 is 0 Å². The third-order valence-electron chi connectivity index (χ3n) is 6.67. The first-order valence-corrected chi connectivity index (χ1v) is 10.8. The average molecular weight is 390 g/mol. The van der Waals surface area contributed by atoms with E-state index in [0.29, 0.717) is 17.6 Å². The molecule has 1 saturated carbocycles. The molecular weight excluding hydrogens is 356 g/mol. The minimum Gasteiger partial charge on any atom is -0.546 e. The second-order valence-corrected chi connectivity index (χ2v) is 8.58. The summed E-state index contributed by atoms with van der Waals surface area (Å²) in [4.78, 5) is 10.7. The quantitative estimate of drug-likeness (QED) is 0.599. The van der Waals surface area contributed by atoms with Gasteiger partial charge in [0.05, 0.1) is 18.2 Å². The smallest absolute Gasteiger partial charge is 0.128 e. The van der Waals surface area contributed by atoms with Crippen molar-refractivity contribution in [3.05, 3.63) is 29.3 Å². The van der Waals surface area contributed by atoms with Crippen molar-refractivity contribution < 1.29 is 24.9 Å². The van der Waals surface area contributed by atoms with Gasteiger partial charge >= 0.3 is 0 Å². The van der Waals surface area contributed by atoms with Crippen molar-refractivity contribution in [2.24, 2.45) is 17.8 Å². The van der Waals surface area contributed by atoms with Gasteiger partial charge in [0.1, 0.15) is 12.4 Å². The standard InChI is InChI=1S/C23H34O5/c1-2-3-4-7-17(24)9-10-18-19-11-15-6-5-8-22(28-14-23(26)27)20(15)12-16(19)13-21(18)25/h5-6,8,16-19,21,24-25H,2-4,7,9-14H2,1H3,(H,26,27)/p-1/t16-,17-,18?,19-,21+/m0/s1. The van der Waals surface area contributed by atoms with Gasteiger partial charge < -0.3 is 24.9 Å². The Morgan fingerprint density at radius 1 is 1.29 bits per heavy atom. The Kier molecular flexibility index (Phi) is 7.36. The average Bonchev–Trinajstić information content (AvgIpc) is 2.97. The molecule has 0 aliphatic heterocycles. The molecule has 0 radical (unpaired) electrons. The number of aliphatic hydroxyl groups excluding tert-OH is 2. The number of rotatable bonds is 10. The maximum Gasteiger partial charge on any atom is 0.128 e. The molecule has 2 N–H and O–H groups in total. The zero-order valence-corrected chi connectivity index (χ0v) is 16.8. The number of ether oxygens (including phenoxy) is 1. The fraction of sp³-hybridized carbons (Fsp3) is 0.696. The summed E-state index contributed by atoms with van der Waals surface area (Å²) in [7, 11) is 0. The van der Waals surface area contributed by atoms with Crippen LogP contribution in [0.5, 0.6) is 5.75 Å².